The minimum atomic E-state index is -2.96. The second-order valence-corrected chi connectivity index (χ2v) is 9.07. The Morgan fingerprint density at radius 3 is 2.70 bits per heavy atom. The van der Waals surface area contributed by atoms with Crippen LogP contribution >= 0.6 is 11.8 Å². The van der Waals surface area contributed by atoms with Crippen LogP contribution in [0.5, 0.6) is 0 Å². The van der Waals surface area contributed by atoms with E-state index in [0.717, 1.165) is 5.69 Å². The van der Waals surface area contributed by atoms with Gasteiger partial charge in [0.15, 0.2) is 15.0 Å². The third-order valence-corrected chi connectivity index (χ3v) is 7.03. The van der Waals surface area contributed by atoms with E-state index < -0.39 is 9.84 Å². The highest BCUT2D eigenvalue weighted by molar-refractivity contribution is 8.15. The monoisotopic (exact) mass is 310 g/mol. The van der Waals surface area contributed by atoms with Gasteiger partial charge in [-0.15, -0.1) is 0 Å². The van der Waals surface area contributed by atoms with Gasteiger partial charge in [-0.25, -0.2) is 8.42 Å². The van der Waals surface area contributed by atoms with Crippen LogP contribution in [0.15, 0.2) is 24.3 Å². The van der Waals surface area contributed by atoms with Gasteiger partial charge in [-0.05, 0) is 17.5 Å². The highest BCUT2D eigenvalue weighted by atomic mass is 32.2. The minimum absolute atomic E-state index is 0.00715. The highest BCUT2D eigenvalue weighted by Gasteiger charge is 2.49. The summed E-state index contributed by atoms with van der Waals surface area (Å²) in [5.74, 6) is 0.714. The highest BCUT2D eigenvalue weighted by Crippen LogP contribution is 2.42. The summed E-state index contributed by atoms with van der Waals surface area (Å²) in [6.45, 7) is 4.24. The molecule has 2 aliphatic rings. The molecule has 1 aromatic carbocycles. The molecule has 1 aromatic rings. The van der Waals surface area contributed by atoms with Crippen molar-refractivity contribution in [1.29, 1.82) is 5.41 Å². The third kappa shape index (κ3) is 2.24. The minimum Gasteiger partial charge on any atom is -0.316 e. The van der Waals surface area contributed by atoms with Crippen molar-refractivity contribution in [2.75, 3.05) is 16.4 Å². The normalized spacial score (nSPS) is 28.1. The molecule has 0 bridgehead atoms. The predicted octanol–water partition coefficient (Wildman–Crippen LogP) is 2.46. The van der Waals surface area contributed by atoms with Crippen molar-refractivity contribution in [3.63, 3.8) is 0 Å². The van der Waals surface area contributed by atoms with Crippen molar-refractivity contribution in [2.24, 2.45) is 0 Å². The fourth-order valence-corrected chi connectivity index (χ4v) is 6.77. The number of fused-ring (bicyclic) bond motifs is 1. The van der Waals surface area contributed by atoms with Gasteiger partial charge < -0.3 is 4.90 Å². The first kappa shape index (κ1) is 13.9. The van der Waals surface area contributed by atoms with Gasteiger partial charge in [0.2, 0.25) is 0 Å². The SMILES string of the molecule is CC(C)c1ccccc1N1C(=N)S[C@@H]2CS(=O)(=O)C[C@@H]21. The number of anilines is 1. The third-order valence-electron chi connectivity index (χ3n) is 3.90. The molecule has 4 nitrogen and oxygen atoms in total. The van der Waals surface area contributed by atoms with Crippen LogP contribution in [-0.4, -0.2) is 36.4 Å². The van der Waals surface area contributed by atoms with Crippen LogP contribution in [-0.2, 0) is 9.84 Å². The summed E-state index contributed by atoms with van der Waals surface area (Å²) in [6.07, 6.45) is 0. The number of benzene rings is 1. The molecule has 20 heavy (non-hydrogen) atoms. The molecule has 2 aliphatic heterocycles. The molecule has 3 rings (SSSR count). The summed E-state index contributed by atoms with van der Waals surface area (Å²) in [4.78, 5) is 1.93. The van der Waals surface area contributed by atoms with Crippen molar-refractivity contribution < 1.29 is 8.42 Å². The van der Waals surface area contributed by atoms with E-state index in [0.29, 0.717) is 11.1 Å². The number of rotatable bonds is 2. The Morgan fingerprint density at radius 1 is 1.30 bits per heavy atom. The zero-order valence-corrected chi connectivity index (χ0v) is 13.2. The smallest absolute Gasteiger partial charge is 0.161 e. The van der Waals surface area contributed by atoms with Crippen molar-refractivity contribution in [3.8, 4) is 0 Å². The largest absolute Gasteiger partial charge is 0.316 e. The van der Waals surface area contributed by atoms with Crippen LogP contribution in [0, 0.1) is 5.41 Å². The zero-order chi connectivity index (χ0) is 14.5. The Kier molecular flexibility index (Phi) is 3.33. The first-order valence-corrected chi connectivity index (χ1v) is 9.43. The Labute approximate surface area is 124 Å². The van der Waals surface area contributed by atoms with Gasteiger partial charge in [0.1, 0.15) is 0 Å². The maximum Gasteiger partial charge on any atom is 0.161 e. The quantitative estimate of drug-likeness (QED) is 0.911. The van der Waals surface area contributed by atoms with E-state index in [2.05, 4.69) is 19.9 Å². The average Bonchev–Trinajstić information content (AvgIpc) is 2.79. The lowest BCUT2D eigenvalue weighted by atomic mass is 10.00. The fraction of sp³-hybridized carbons (Fsp3) is 0.500. The van der Waals surface area contributed by atoms with Gasteiger partial charge in [-0.1, -0.05) is 43.8 Å². The molecule has 2 heterocycles. The van der Waals surface area contributed by atoms with E-state index >= 15 is 0 Å². The van der Waals surface area contributed by atoms with Crippen LogP contribution < -0.4 is 4.90 Å². The summed E-state index contributed by atoms with van der Waals surface area (Å²) in [6, 6.07) is 7.93. The molecule has 0 aromatic heterocycles. The van der Waals surface area contributed by atoms with E-state index in [4.69, 9.17) is 5.41 Å². The summed E-state index contributed by atoms with van der Waals surface area (Å²) in [5, 5.41) is 8.68. The summed E-state index contributed by atoms with van der Waals surface area (Å²) < 4.78 is 23.7. The van der Waals surface area contributed by atoms with E-state index in [9.17, 15) is 8.42 Å². The van der Waals surface area contributed by atoms with E-state index in [-0.39, 0.29) is 22.8 Å². The van der Waals surface area contributed by atoms with Crippen LogP contribution in [0.4, 0.5) is 5.69 Å². The number of hydrogen-bond acceptors (Lipinski definition) is 4. The molecule has 2 saturated heterocycles. The van der Waals surface area contributed by atoms with Crippen LogP contribution in [0.1, 0.15) is 25.3 Å². The number of nitrogens with one attached hydrogen (secondary N) is 1. The van der Waals surface area contributed by atoms with Crippen molar-refractivity contribution >= 4 is 32.5 Å². The molecule has 0 saturated carbocycles. The van der Waals surface area contributed by atoms with Gasteiger partial charge in [0.25, 0.3) is 0 Å². The summed E-state index contributed by atoms with van der Waals surface area (Å²) >= 11 is 1.39. The number of amidine groups is 1. The number of hydrogen-bond donors (Lipinski definition) is 1. The molecule has 2 fully saturated rings. The van der Waals surface area contributed by atoms with E-state index in [1.807, 2.05) is 23.1 Å². The summed E-state index contributed by atoms with van der Waals surface area (Å²) in [5.41, 5.74) is 2.16. The Morgan fingerprint density at radius 2 is 2.00 bits per heavy atom. The number of nitrogens with zero attached hydrogens (tertiary/aromatic N) is 1. The maximum absolute atomic E-state index is 11.8. The molecule has 6 heteroatoms. The molecule has 1 N–H and O–H groups in total. The summed E-state index contributed by atoms with van der Waals surface area (Å²) in [7, 11) is -2.96. The molecule has 0 spiro atoms. The fourth-order valence-electron chi connectivity index (χ4n) is 2.98. The Hall–Kier alpha value is -1.01. The Bertz CT molecular complexity index is 655. The van der Waals surface area contributed by atoms with Crippen molar-refractivity contribution in [1.82, 2.24) is 0 Å². The molecule has 0 amide bonds. The zero-order valence-electron chi connectivity index (χ0n) is 11.5. The van der Waals surface area contributed by atoms with E-state index in [1.54, 1.807) is 0 Å². The van der Waals surface area contributed by atoms with Crippen molar-refractivity contribution in [3.05, 3.63) is 29.8 Å². The lowest BCUT2D eigenvalue weighted by molar-refractivity contribution is 0.601. The van der Waals surface area contributed by atoms with Gasteiger partial charge >= 0.3 is 0 Å². The molecular weight excluding hydrogens is 292 g/mol. The molecular formula is C14H18N2O2S2. The number of para-hydroxylation sites is 1. The number of thioether (sulfide) groups is 1. The van der Waals surface area contributed by atoms with E-state index in [1.165, 1.54) is 17.3 Å². The molecule has 0 unspecified atom stereocenters. The predicted molar refractivity (Wildman–Crippen MR) is 84.6 cm³/mol. The molecule has 108 valence electrons. The molecule has 2 atom stereocenters. The molecule has 0 radical (unpaired) electrons. The Balaban J connectivity index is 2.04. The lowest BCUT2D eigenvalue weighted by Gasteiger charge is -2.27. The van der Waals surface area contributed by atoms with Crippen LogP contribution in [0.2, 0.25) is 0 Å². The topological polar surface area (TPSA) is 61.2 Å². The first-order chi connectivity index (χ1) is 9.39. The second kappa shape index (κ2) is 4.77. The number of sulfone groups is 1. The van der Waals surface area contributed by atoms with Gasteiger partial charge in [0.05, 0.1) is 17.5 Å². The van der Waals surface area contributed by atoms with Crippen LogP contribution in [0.3, 0.4) is 0 Å². The average molecular weight is 310 g/mol. The van der Waals surface area contributed by atoms with Gasteiger partial charge in [-0.2, -0.15) is 0 Å². The van der Waals surface area contributed by atoms with Crippen molar-refractivity contribution in [2.45, 2.75) is 31.1 Å². The van der Waals surface area contributed by atoms with Gasteiger partial charge in [-0.3, -0.25) is 5.41 Å². The molecule has 0 aliphatic carbocycles. The second-order valence-electron chi connectivity index (χ2n) is 5.69. The van der Waals surface area contributed by atoms with Crippen LogP contribution in [0.25, 0.3) is 0 Å². The van der Waals surface area contributed by atoms with Gasteiger partial charge in [0, 0.05) is 10.9 Å². The maximum atomic E-state index is 11.8. The first-order valence-electron chi connectivity index (χ1n) is 6.73. The lowest BCUT2D eigenvalue weighted by Crippen LogP contribution is -2.37. The standard InChI is InChI=1S/C14H18N2O2S2/c1-9(2)10-5-3-4-6-11(10)16-12-7-20(17,18)8-13(12)19-14(16)15/h3-6,9,12-13,15H,7-8H2,1-2H3/t12-,13+/m0/s1.